The second-order valence-electron chi connectivity index (χ2n) is 4.45. The van der Waals surface area contributed by atoms with E-state index >= 15 is 0 Å². The number of aromatic nitrogens is 2. The van der Waals surface area contributed by atoms with Crippen molar-refractivity contribution in [3.8, 4) is 0 Å². The van der Waals surface area contributed by atoms with Gasteiger partial charge in [0, 0.05) is 32.5 Å². The first-order valence-electron chi connectivity index (χ1n) is 5.87. The minimum absolute atomic E-state index is 0.0157. The molecule has 1 saturated heterocycles. The van der Waals surface area contributed by atoms with E-state index in [9.17, 15) is 9.59 Å². The zero-order valence-electron chi connectivity index (χ0n) is 10.5. The third-order valence-corrected chi connectivity index (χ3v) is 3.11. The molecule has 3 N–H and O–H groups in total. The topological polar surface area (TPSA) is 105 Å². The van der Waals surface area contributed by atoms with E-state index in [2.05, 4.69) is 15.6 Å². The van der Waals surface area contributed by atoms with Crippen molar-refractivity contribution in [1.29, 1.82) is 0 Å². The number of carboxylic acid groups (broad SMARTS) is 1. The average Bonchev–Trinajstić information content (AvgIpc) is 2.97. The summed E-state index contributed by atoms with van der Waals surface area (Å²) < 4.78 is 6.82. The highest BCUT2D eigenvalue weighted by Crippen LogP contribution is 2.18. The molecule has 1 aromatic rings. The molecule has 1 aliphatic heterocycles. The van der Waals surface area contributed by atoms with Crippen LogP contribution in [-0.2, 0) is 23.1 Å². The van der Waals surface area contributed by atoms with Crippen LogP contribution in [0, 0.1) is 0 Å². The molecule has 0 radical (unpaired) electrons. The van der Waals surface area contributed by atoms with E-state index in [1.54, 1.807) is 17.0 Å². The van der Waals surface area contributed by atoms with E-state index in [1.165, 1.54) is 0 Å². The van der Waals surface area contributed by atoms with Crippen molar-refractivity contribution in [3.05, 3.63) is 18.2 Å². The first kappa shape index (κ1) is 13.3. The van der Waals surface area contributed by atoms with Crippen LogP contribution in [0.15, 0.2) is 12.4 Å². The summed E-state index contributed by atoms with van der Waals surface area (Å²) in [7, 11) is 1.81. The molecule has 1 aliphatic rings. The number of carbonyl (C=O) groups is 2. The molecular formula is C11H16N4O4. The number of aliphatic carboxylic acids is 1. The standard InChI is InChI=1S/C11H16N4O4/c1-15-4-3-12-8(15)6-13-10(18)14-11(9(16)17)2-5-19-7-11/h3-4H,2,5-7H2,1H3,(H,16,17)(H2,13,14,18). The highest BCUT2D eigenvalue weighted by atomic mass is 16.5. The Morgan fingerprint density at radius 2 is 2.42 bits per heavy atom. The molecular weight excluding hydrogens is 252 g/mol. The lowest BCUT2D eigenvalue weighted by Crippen LogP contribution is -2.57. The van der Waals surface area contributed by atoms with Gasteiger partial charge in [0.05, 0.1) is 13.2 Å². The summed E-state index contributed by atoms with van der Waals surface area (Å²) in [6.45, 7) is 0.538. The minimum Gasteiger partial charge on any atom is -0.479 e. The van der Waals surface area contributed by atoms with Crippen LogP contribution < -0.4 is 10.6 Å². The van der Waals surface area contributed by atoms with Crippen molar-refractivity contribution in [1.82, 2.24) is 20.2 Å². The molecule has 2 rings (SSSR count). The van der Waals surface area contributed by atoms with E-state index in [0.717, 1.165) is 0 Å². The van der Waals surface area contributed by atoms with Gasteiger partial charge < -0.3 is 25.0 Å². The Kier molecular flexibility index (Phi) is 3.70. The number of carboxylic acids is 1. The number of hydrogen-bond donors (Lipinski definition) is 3. The van der Waals surface area contributed by atoms with Crippen LogP contribution in [0.3, 0.4) is 0 Å². The number of hydrogen-bond acceptors (Lipinski definition) is 4. The van der Waals surface area contributed by atoms with Gasteiger partial charge in [0.25, 0.3) is 0 Å². The highest BCUT2D eigenvalue weighted by molar-refractivity contribution is 5.86. The normalized spacial score (nSPS) is 22.2. The average molecular weight is 268 g/mol. The van der Waals surface area contributed by atoms with E-state index in [0.29, 0.717) is 12.4 Å². The summed E-state index contributed by atoms with van der Waals surface area (Å²) in [4.78, 5) is 27.0. The van der Waals surface area contributed by atoms with Gasteiger partial charge in [0.2, 0.25) is 0 Å². The number of carbonyl (C=O) groups excluding carboxylic acids is 1. The SMILES string of the molecule is Cn1ccnc1CNC(=O)NC1(C(=O)O)CCOC1. The number of aryl methyl sites for hydroxylation is 1. The van der Waals surface area contributed by atoms with Crippen LogP contribution in [-0.4, -0.2) is 45.4 Å². The van der Waals surface area contributed by atoms with Gasteiger partial charge in [-0.3, -0.25) is 0 Å². The number of amides is 2. The maximum Gasteiger partial charge on any atom is 0.332 e. The van der Waals surface area contributed by atoms with Crippen molar-refractivity contribution in [2.45, 2.75) is 18.5 Å². The molecule has 1 atom stereocenters. The summed E-state index contributed by atoms with van der Waals surface area (Å²) in [5.41, 5.74) is -1.33. The molecule has 0 bridgehead atoms. The second-order valence-corrected chi connectivity index (χ2v) is 4.45. The molecule has 104 valence electrons. The van der Waals surface area contributed by atoms with Gasteiger partial charge in [0.1, 0.15) is 5.82 Å². The van der Waals surface area contributed by atoms with Crippen molar-refractivity contribution in [3.63, 3.8) is 0 Å². The Labute approximate surface area is 109 Å². The van der Waals surface area contributed by atoms with Gasteiger partial charge in [-0.2, -0.15) is 0 Å². The Hall–Kier alpha value is -2.09. The number of rotatable bonds is 4. The van der Waals surface area contributed by atoms with E-state index in [4.69, 9.17) is 9.84 Å². The molecule has 8 nitrogen and oxygen atoms in total. The van der Waals surface area contributed by atoms with Crippen LogP contribution in [0.2, 0.25) is 0 Å². The van der Waals surface area contributed by atoms with Gasteiger partial charge in [-0.25, -0.2) is 14.6 Å². The smallest absolute Gasteiger partial charge is 0.332 e. The van der Waals surface area contributed by atoms with E-state index < -0.39 is 17.5 Å². The zero-order chi connectivity index (χ0) is 13.9. The fourth-order valence-electron chi connectivity index (χ4n) is 1.87. The third kappa shape index (κ3) is 2.84. The molecule has 0 aromatic carbocycles. The van der Waals surface area contributed by atoms with E-state index in [-0.39, 0.29) is 19.6 Å². The summed E-state index contributed by atoms with van der Waals surface area (Å²) in [6.07, 6.45) is 3.65. The van der Waals surface area contributed by atoms with Gasteiger partial charge in [0.15, 0.2) is 5.54 Å². The predicted molar refractivity (Wildman–Crippen MR) is 64.4 cm³/mol. The Morgan fingerprint density at radius 1 is 1.63 bits per heavy atom. The quantitative estimate of drug-likeness (QED) is 0.680. The van der Waals surface area contributed by atoms with Crippen molar-refractivity contribution in [2.24, 2.45) is 7.05 Å². The van der Waals surface area contributed by atoms with Crippen LogP contribution >= 0.6 is 0 Å². The molecule has 0 saturated carbocycles. The van der Waals surface area contributed by atoms with Crippen LogP contribution in [0.25, 0.3) is 0 Å². The lowest BCUT2D eigenvalue weighted by molar-refractivity contribution is -0.144. The molecule has 2 amide bonds. The van der Waals surface area contributed by atoms with Crippen LogP contribution in [0.5, 0.6) is 0 Å². The maximum absolute atomic E-state index is 11.7. The first-order chi connectivity index (χ1) is 9.03. The van der Waals surface area contributed by atoms with Gasteiger partial charge in [-0.15, -0.1) is 0 Å². The fourth-order valence-corrected chi connectivity index (χ4v) is 1.87. The molecule has 2 heterocycles. The van der Waals surface area contributed by atoms with Crippen molar-refractivity contribution < 1.29 is 19.4 Å². The largest absolute Gasteiger partial charge is 0.479 e. The van der Waals surface area contributed by atoms with Gasteiger partial charge in [-0.1, -0.05) is 0 Å². The fraction of sp³-hybridized carbons (Fsp3) is 0.545. The summed E-state index contributed by atoms with van der Waals surface area (Å²) in [5, 5.41) is 14.2. The molecule has 8 heteroatoms. The molecule has 1 fully saturated rings. The summed E-state index contributed by atoms with van der Waals surface area (Å²) in [5.74, 6) is -0.403. The Morgan fingerprint density at radius 3 is 2.95 bits per heavy atom. The molecule has 1 aromatic heterocycles. The Bertz CT molecular complexity index is 479. The highest BCUT2D eigenvalue weighted by Gasteiger charge is 2.43. The van der Waals surface area contributed by atoms with E-state index in [1.807, 2.05) is 7.05 Å². The number of urea groups is 1. The zero-order valence-corrected chi connectivity index (χ0v) is 10.5. The number of nitrogens with one attached hydrogen (secondary N) is 2. The minimum atomic E-state index is -1.33. The van der Waals surface area contributed by atoms with Crippen LogP contribution in [0.1, 0.15) is 12.2 Å². The number of nitrogens with zero attached hydrogens (tertiary/aromatic N) is 2. The van der Waals surface area contributed by atoms with Crippen LogP contribution in [0.4, 0.5) is 4.79 Å². The first-order valence-corrected chi connectivity index (χ1v) is 5.87. The van der Waals surface area contributed by atoms with Crippen molar-refractivity contribution in [2.75, 3.05) is 13.2 Å². The summed E-state index contributed by atoms with van der Waals surface area (Å²) >= 11 is 0. The van der Waals surface area contributed by atoms with Gasteiger partial charge in [-0.05, 0) is 0 Å². The van der Waals surface area contributed by atoms with Gasteiger partial charge >= 0.3 is 12.0 Å². The number of ether oxygens (including phenoxy) is 1. The second kappa shape index (κ2) is 5.27. The number of imidazole rings is 1. The summed E-state index contributed by atoms with van der Waals surface area (Å²) in [6, 6.07) is -0.545. The lowest BCUT2D eigenvalue weighted by atomic mass is 9.99. The predicted octanol–water partition coefficient (Wildman–Crippen LogP) is -0.537. The molecule has 19 heavy (non-hydrogen) atoms. The molecule has 0 spiro atoms. The molecule has 0 aliphatic carbocycles. The van der Waals surface area contributed by atoms with Crippen molar-refractivity contribution >= 4 is 12.0 Å². The Balaban J connectivity index is 1.90. The third-order valence-electron chi connectivity index (χ3n) is 3.11. The molecule has 1 unspecified atom stereocenters. The maximum atomic E-state index is 11.7. The lowest BCUT2D eigenvalue weighted by Gasteiger charge is -2.23. The monoisotopic (exact) mass is 268 g/mol.